The topological polar surface area (TPSA) is 65.2 Å². The van der Waals surface area contributed by atoms with Crippen LogP contribution in [0.5, 0.6) is 0 Å². The Hall–Kier alpha value is -2.30. The molecule has 3 rings (SSSR count). The third kappa shape index (κ3) is 2.63. The van der Waals surface area contributed by atoms with Gasteiger partial charge in [0.15, 0.2) is 0 Å². The van der Waals surface area contributed by atoms with E-state index in [-0.39, 0.29) is 17.9 Å². The fraction of sp³-hybridized carbons (Fsp3) is 0.375. The lowest BCUT2D eigenvalue weighted by molar-refractivity contribution is -0.142. The highest BCUT2D eigenvalue weighted by molar-refractivity contribution is 5.89. The molecule has 1 aromatic heterocycles. The lowest BCUT2D eigenvalue weighted by atomic mass is 10.1. The number of nitrogens with zero attached hydrogens (tertiary/aromatic N) is 1. The van der Waals surface area contributed by atoms with Crippen LogP contribution >= 0.6 is 0 Å². The second kappa shape index (κ2) is 5.60. The number of aryl methyl sites for hydroxylation is 1. The summed E-state index contributed by atoms with van der Waals surface area (Å²) in [7, 11) is 0. The van der Waals surface area contributed by atoms with Gasteiger partial charge in [0.05, 0.1) is 0 Å². The van der Waals surface area contributed by atoms with Crippen LogP contribution in [0.25, 0.3) is 10.9 Å². The largest absolute Gasteiger partial charge is 0.361 e. The van der Waals surface area contributed by atoms with Gasteiger partial charge in [0.2, 0.25) is 11.8 Å². The van der Waals surface area contributed by atoms with Crippen LogP contribution in [0.1, 0.15) is 18.9 Å². The molecule has 2 heterocycles. The quantitative estimate of drug-likeness (QED) is 0.896. The number of H-pyrrole nitrogens is 1. The van der Waals surface area contributed by atoms with Crippen LogP contribution in [-0.4, -0.2) is 40.8 Å². The van der Waals surface area contributed by atoms with Crippen molar-refractivity contribution in [2.45, 2.75) is 25.8 Å². The number of fused-ring (bicyclic) bond motifs is 1. The van der Waals surface area contributed by atoms with Crippen LogP contribution in [0, 0.1) is 0 Å². The van der Waals surface area contributed by atoms with Gasteiger partial charge in [-0.15, -0.1) is 0 Å². The number of hydrogen-bond donors (Lipinski definition) is 2. The van der Waals surface area contributed by atoms with E-state index >= 15 is 0 Å². The molecule has 1 saturated heterocycles. The summed E-state index contributed by atoms with van der Waals surface area (Å²) in [5.74, 6) is -0.0238. The minimum Gasteiger partial charge on any atom is -0.361 e. The Kier molecular flexibility index (Phi) is 3.64. The second-order valence-corrected chi connectivity index (χ2v) is 5.41. The average Bonchev–Trinajstić information content (AvgIpc) is 2.91. The molecule has 21 heavy (non-hydrogen) atoms. The molecule has 2 N–H and O–H groups in total. The molecule has 2 aromatic rings. The summed E-state index contributed by atoms with van der Waals surface area (Å²) in [6.07, 6.45) is 3.08. The van der Waals surface area contributed by atoms with Crippen LogP contribution in [-0.2, 0) is 16.0 Å². The van der Waals surface area contributed by atoms with Crippen molar-refractivity contribution in [2.75, 3.05) is 13.1 Å². The third-order valence-corrected chi connectivity index (χ3v) is 4.10. The highest BCUT2D eigenvalue weighted by Gasteiger charge is 2.28. The maximum Gasteiger partial charge on any atom is 0.242 e. The molecule has 110 valence electrons. The zero-order valence-electron chi connectivity index (χ0n) is 12.1. The van der Waals surface area contributed by atoms with E-state index in [1.807, 2.05) is 24.4 Å². The van der Waals surface area contributed by atoms with Crippen LogP contribution in [0.4, 0.5) is 0 Å². The minimum atomic E-state index is -0.366. The Labute approximate surface area is 123 Å². The summed E-state index contributed by atoms with van der Waals surface area (Å²) in [5, 5.41) is 3.93. The standard InChI is InChI=1S/C16H19N3O2/c1-11-16(21)17-8-9-19(11)15(20)7-6-12-10-18-14-5-3-2-4-13(12)14/h2-5,10-11,18H,6-9H2,1H3,(H,17,21). The summed E-state index contributed by atoms with van der Waals surface area (Å²) in [6.45, 7) is 2.92. The zero-order valence-corrected chi connectivity index (χ0v) is 12.1. The first-order chi connectivity index (χ1) is 10.2. The molecule has 1 aromatic carbocycles. The highest BCUT2D eigenvalue weighted by Crippen LogP contribution is 2.19. The number of nitrogens with one attached hydrogen (secondary N) is 2. The molecule has 0 aliphatic carbocycles. The van der Waals surface area contributed by atoms with E-state index < -0.39 is 0 Å². The Morgan fingerprint density at radius 2 is 2.19 bits per heavy atom. The molecular formula is C16H19N3O2. The number of aromatic nitrogens is 1. The van der Waals surface area contributed by atoms with Gasteiger partial charge in [0, 0.05) is 36.6 Å². The summed E-state index contributed by atoms with van der Waals surface area (Å²) >= 11 is 0. The van der Waals surface area contributed by atoms with Gasteiger partial charge in [-0.1, -0.05) is 18.2 Å². The number of hydrogen-bond acceptors (Lipinski definition) is 2. The van der Waals surface area contributed by atoms with E-state index in [1.54, 1.807) is 11.8 Å². The van der Waals surface area contributed by atoms with Crippen molar-refractivity contribution >= 4 is 22.7 Å². The van der Waals surface area contributed by atoms with Crippen molar-refractivity contribution in [3.8, 4) is 0 Å². The van der Waals surface area contributed by atoms with Gasteiger partial charge >= 0.3 is 0 Å². The third-order valence-electron chi connectivity index (χ3n) is 4.10. The molecule has 0 saturated carbocycles. The number of carbonyl (C=O) groups is 2. The Balaban J connectivity index is 1.67. The molecular weight excluding hydrogens is 266 g/mol. The zero-order chi connectivity index (χ0) is 14.8. The van der Waals surface area contributed by atoms with Gasteiger partial charge in [-0.2, -0.15) is 0 Å². The number of amides is 2. The minimum absolute atomic E-state index is 0.0441. The molecule has 1 unspecified atom stereocenters. The Morgan fingerprint density at radius 3 is 3.05 bits per heavy atom. The van der Waals surface area contributed by atoms with E-state index in [9.17, 15) is 9.59 Å². The SMILES string of the molecule is CC1C(=O)NCCN1C(=O)CCc1c[nH]c2ccccc12. The van der Waals surface area contributed by atoms with Gasteiger partial charge < -0.3 is 15.2 Å². The smallest absolute Gasteiger partial charge is 0.242 e. The average molecular weight is 285 g/mol. The Morgan fingerprint density at radius 1 is 1.38 bits per heavy atom. The second-order valence-electron chi connectivity index (χ2n) is 5.41. The Bertz CT molecular complexity index is 677. The maximum atomic E-state index is 12.3. The summed E-state index contributed by atoms with van der Waals surface area (Å²) < 4.78 is 0. The predicted octanol–water partition coefficient (Wildman–Crippen LogP) is 1.45. The monoisotopic (exact) mass is 285 g/mol. The molecule has 1 aliphatic rings. The van der Waals surface area contributed by atoms with Crippen molar-refractivity contribution in [3.63, 3.8) is 0 Å². The van der Waals surface area contributed by atoms with Gasteiger partial charge in [0.25, 0.3) is 0 Å². The van der Waals surface area contributed by atoms with Crippen LogP contribution in [0.2, 0.25) is 0 Å². The van der Waals surface area contributed by atoms with Gasteiger partial charge in [-0.3, -0.25) is 9.59 Å². The van der Waals surface area contributed by atoms with E-state index in [0.29, 0.717) is 25.9 Å². The molecule has 5 heteroatoms. The van der Waals surface area contributed by atoms with E-state index in [4.69, 9.17) is 0 Å². The normalized spacial score (nSPS) is 18.8. The van der Waals surface area contributed by atoms with Crippen LogP contribution in [0.3, 0.4) is 0 Å². The predicted molar refractivity (Wildman–Crippen MR) is 80.8 cm³/mol. The van der Waals surface area contributed by atoms with Crippen molar-refractivity contribution in [3.05, 3.63) is 36.0 Å². The highest BCUT2D eigenvalue weighted by atomic mass is 16.2. The van der Waals surface area contributed by atoms with E-state index in [2.05, 4.69) is 16.4 Å². The van der Waals surface area contributed by atoms with E-state index in [1.165, 1.54) is 0 Å². The van der Waals surface area contributed by atoms with Crippen LogP contribution in [0.15, 0.2) is 30.5 Å². The molecule has 2 amide bonds. The van der Waals surface area contributed by atoms with Gasteiger partial charge in [0.1, 0.15) is 6.04 Å². The lowest BCUT2D eigenvalue weighted by Crippen LogP contribution is -2.55. The number of aromatic amines is 1. The van der Waals surface area contributed by atoms with Crippen molar-refractivity contribution in [1.29, 1.82) is 0 Å². The van der Waals surface area contributed by atoms with Crippen molar-refractivity contribution < 1.29 is 9.59 Å². The van der Waals surface area contributed by atoms with Crippen LogP contribution < -0.4 is 5.32 Å². The molecule has 1 aliphatic heterocycles. The van der Waals surface area contributed by atoms with Gasteiger partial charge in [-0.05, 0) is 25.0 Å². The lowest BCUT2D eigenvalue weighted by Gasteiger charge is -2.32. The number of piperazine rings is 1. The molecule has 0 radical (unpaired) electrons. The molecule has 0 spiro atoms. The van der Waals surface area contributed by atoms with Crippen molar-refractivity contribution in [1.82, 2.24) is 15.2 Å². The summed E-state index contributed by atoms with van der Waals surface area (Å²) in [5.41, 5.74) is 2.23. The fourth-order valence-corrected chi connectivity index (χ4v) is 2.85. The summed E-state index contributed by atoms with van der Waals surface area (Å²) in [4.78, 5) is 28.8. The first-order valence-corrected chi connectivity index (χ1v) is 7.29. The first kappa shape index (κ1) is 13.7. The van der Waals surface area contributed by atoms with E-state index in [0.717, 1.165) is 16.5 Å². The fourth-order valence-electron chi connectivity index (χ4n) is 2.85. The number of benzene rings is 1. The molecule has 1 fully saturated rings. The first-order valence-electron chi connectivity index (χ1n) is 7.29. The summed E-state index contributed by atoms with van der Waals surface area (Å²) in [6, 6.07) is 7.70. The number of para-hydroxylation sites is 1. The van der Waals surface area contributed by atoms with Gasteiger partial charge in [-0.25, -0.2) is 0 Å². The number of rotatable bonds is 3. The molecule has 1 atom stereocenters. The molecule has 5 nitrogen and oxygen atoms in total. The van der Waals surface area contributed by atoms with Crippen molar-refractivity contribution in [2.24, 2.45) is 0 Å². The number of carbonyl (C=O) groups excluding carboxylic acids is 2. The maximum absolute atomic E-state index is 12.3. The molecule has 0 bridgehead atoms.